The van der Waals surface area contributed by atoms with Crippen molar-refractivity contribution in [1.82, 2.24) is 4.90 Å². The van der Waals surface area contributed by atoms with Crippen molar-refractivity contribution in [3.8, 4) is 0 Å². The third-order valence-corrected chi connectivity index (χ3v) is 3.74. The molecule has 2 aromatic rings. The zero-order valence-corrected chi connectivity index (χ0v) is 13.1. The van der Waals surface area contributed by atoms with Gasteiger partial charge >= 0.3 is 0 Å². The van der Waals surface area contributed by atoms with Gasteiger partial charge in [-0.25, -0.2) is 4.39 Å². The third kappa shape index (κ3) is 3.58. The summed E-state index contributed by atoms with van der Waals surface area (Å²) in [6.45, 7) is 0.438. The Balaban J connectivity index is 2.11. The van der Waals surface area contributed by atoms with Crippen LogP contribution in [0.2, 0.25) is 5.02 Å². The lowest BCUT2D eigenvalue weighted by Gasteiger charge is -2.17. The first-order valence-corrected chi connectivity index (χ1v) is 7.09. The molecule has 0 saturated carbocycles. The molecule has 0 aliphatic carbocycles. The molecule has 0 aliphatic rings. The number of carbonyl (C=O) groups excluding carboxylic acids is 1. The van der Waals surface area contributed by atoms with Crippen LogP contribution in [0.15, 0.2) is 46.9 Å². The Morgan fingerprint density at radius 1 is 1.25 bits per heavy atom. The Kier molecular flexibility index (Phi) is 4.78. The molecule has 5 heteroatoms. The highest BCUT2D eigenvalue weighted by Gasteiger charge is 2.13. The van der Waals surface area contributed by atoms with Gasteiger partial charge in [-0.05, 0) is 51.8 Å². The lowest BCUT2D eigenvalue weighted by atomic mass is 10.1. The molecule has 104 valence electrons. The summed E-state index contributed by atoms with van der Waals surface area (Å²) >= 11 is 8.88. The molecule has 2 aromatic carbocycles. The first kappa shape index (κ1) is 15.0. The highest BCUT2D eigenvalue weighted by Crippen LogP contribution is 2.18. The summed E-state index contributed by atoms with van der Waals surface area (Å²) < 4.78 is 13.8. The fourth-order valence-corrected chi connectivity index (χ4v) is 2.16. The summed E-state index contributed by atoms with van der Waals surface area (Å²) in [4.78, 5) is 13.7. The molecule has 0 heterocycles. The summed E-state index contributed by atoms with van der Waals surface area (Å²) in [7, 11) is 1.68. The fourth-order valence-electron chi connectivity index (χ4n) is 1.79. The number of hydrogen-bond acceptors (Lipinski definition) is 1. The minimum absolute atomic E-state index is 0.230. The molecule has 0 spiro atoms. The zero-order valence-electron chi connectivity index (χ0n) is 10.7. The largest absolute Gasteiger partial charge is 0.337 e. The van der Waals surface area contributed by atoms with Gasteiger partial charge in [-0.3, -0.25) is 4.79 Å². The van der Waals surface area contributed by atoms with Crippen LogP contribution in [0.4, 0.5) is 4.39 Å². The average Bonchev–Trinajstić information content (AvgIpc) is 2.43. The van der Waals surface area contributed by atoms with Crippen LogP contribution < -0.4 is 0 Å². The van der Waals surface area contributed by atoms with Crippen LogP contribution in [0.5, 0.6) is 0 Å². The van der Waals surface area contributed by atoms with Crippen molar-refractivity contribution in [3.63, 3.8) is 0 Å². The van der Waals surface area contributed by atoms with Gasteiger partial charge in [-0.15, -0.1) is 0 Å². The third-order valence-electron chi connectivity index (χ3n) is 2.85. The average molecular weight is 357 g/mol. The van der Waals surface area contributed by atoms with Crippen LogP contribution >= 0.6 is 27.5 Å². The predicted octanol–water partition coefficient (Wildman–Crippen LogP) is 4.51. The van der Waals surface area contributed by atoms with Crippen LogP contribution in [0.1, 0.15) is 15.9 Å². The first-order chi connectivity index (χ1) is 9.47. The normalized spacial score (nSPS) is 10.4. The molecule has 0 radical (unpaired) electrons. The van der Waals surface area contributed by atoms with E-state index < -0.39 is 5.82 Å². The molecule has 0 fully saturated rings. The van der Waals surface area contributed by atoms with E-state index >= 15 is 0 Å². The van der Waals surface area contributed by atoms with Crippen LogP contribution in [0.3, 0.4) is 0 Å². The molecule has 1 amide bonds. The number of carbonyl (C=O) groups is 1. The number of amides is 1. The van der Waals surface area contributed by atoms with E-state index in [1.807, 2.05) is 12.1 Å². The minimum Gasteiger partial charge on any atom is -0.337 e. The quantitative estimate of drug-likeness (QED) is 0.792. The van der Waals surface area contributed by atoms with Crippen molar-refractivity contribution in [2.45, 2.75) is 6.54 Å². The molecule has 0 aliphatic heterocycles. The Labute approximate surface area is 130 Å². The van der Waals surface area contributed by atoms with E-state index in [4.69, 9.17) is 11.6 Å². The summed E-state index contributed by atoms with van der Waals surface area (Å²) in [6, 6.07) is 11.6. The predicted molar refractivity (Wildman–Crippen MR) is 81.3 cm³/mol. The van der Waals surface area contributed by atoms with Crippen molar-refractivity contribution < 1.29 is 9.18 Å². The van der Waals surface area contributed by atoms with E-state index in [1.54, 1.807) is 25.2 Å². The maximum Gasteiger partial charge on any atom is 0.253 e. The fraction of sp³-hybridized carbons (Fsp3) is 0.133. The molecule has 0 atom stereocenters. The molecule has 20 heavy (non-hydrogen) atoms. The van der Waals surface area contributed by atoms with Gasteiger partial charge in [0, 0.05) is 24.2 Å². The highest BCUT2D eigenvalue weighted by atomic mass is 79.9. The van der Waals surface area contributed by atoms with Crippen molar-refractivity contribution in [2.75, 3.05) is 7.05 Å². The Morgan fingerprint density at radius 3 is 2.50 bits per heavy atom. The lowest BCUT2D eigenvalue weighted by Crippen LogP contribution is -2.26. The molecule has 2 rings (SSSR count). The SMILES string of the molecule is CN(Cc1ccc(Cl)cc1)C(=O)c1ccc(Br)c(F)c1. The molecular weight excluding hydrogens is 345 g/mol. The molecule has 0 unspecified atom stereocenters. The van der Waals surface area contributed by atoms with Gasteiger partial charge in [-0.2, -0.15) is 0 Å². The summed E-state index contributed by atoms with van der Waals surface area (Å²) in [5, 5.41) is 0.651. The van der Waals surface area contributed by atoms with Gasteiger partial charge in [0.25, 0.3) is 5.91 Å². The van der Waals surface area contributed by atoms with Crippen molar-refractivity contribution in [2.24, 2.45) is 0 Å². The highest BCUT2D eigenvalue weighted by molar-refractivity contribution is 9.10. The zero-order chi connectivity index (χ0) is 14.7. The first-order valence-electron chi connectivity index (χ1n) is 5.92. The van der Waals surface area contributed by atoms with Crippen molar-refractivity contribution >= 4 is 33.4 Å². The Morgan fingerprint density at radius 2 is 1.90 bits per heavy atom. The molecule has 0 saturated heterocycles. The number of hydrogen-bond donors (Lipinski definition) is 0. The van der Waals surface area contributed by atoms with Gasteiger partial charge in [-0.1, -0.05) is 23.7 Å². The summed E-state index contributed by atoms with van der Waals surface area (Å²) in [6.07, 6.45) is 0. The van der Waals surface area contributed by atoms with Gasteiger partial charge in [0.1, 0.15) is 5.82 Å². The van der Waals surface area contributed by atoms with E-state index in [0.717, 1.165) is 5.56 Å². The Bertz CT molecular complexity index is 630. The smallest absolute Gasteiger partial charge is 0.253 e. The monoisotopic (exact) mass is 355 g/mol. The van der Waals surface area contributed by atoms with Gasteiger partial charge < -0.3 is 4.90 Å². The maximum absolute atomic E-state index is 13.4. The van der Waals surface area contributed by atoms with E-state index in [9.17, 15) is 9.18 Å². The molecule has 0 bridgehead atoms. The summed E-state index contributed by atoms with van der Waals surface area (Å²) in [5.74, 6) is -0.679. The molecule has 0 N–H and O–H groups in total. The Hall–Kier alpha value is -1.39. The topological polar surface area (TPSA) is 20.3 Å². The van der Waals surface area contributed by atoms with Crippen LogP contribution in [0, 0.1) is 5.82 Å². The number of nitrogens with zero attached hydrogens (tertiary/aromatic N) is 1. The molecule has 0 aromatic heterocycles. The molecular formula is C15H12BrClFNO. The maximum atomic E-state index is 13.4. The second-order valence-corrected chi connectivity index (χ2v) is 5.71. The number of halogens is 3. The van der Waals surface area contributed by atoms with Crippen molar-refractivity contribution in [1.29, 1.82) is 0 Å². The van der Waals surface area contributed by atoms with E-state index in [0.29, 0.717) is 21.6 Å². The summed E-state index contributed by atoms with van der Waals surface area (Å²) in [5.41, 5.74) is 1.28. The van der Waals surface area contributed by atoms with Crippen LogP contribution in [-0.2, 0) is 6.54 Å². The number of rotatable bonds is 3. The van der Waals surface area contributed by atoms with Crippen LogP contribution in [-0.4, -0.2) is 17.9 Å². The second kappa shape index (κ2) is 6.37. The molecule has 2 nitrogen and oxygen atoms in total. The van der Waals surface area contributed by atoms with E-state index in [-0.39, 0.29) is 5.91 Å². The van der Waals surface area contributed by atoms with Crippen LogP contribution in [0.25, 0.3) is 0 Å². The van der Waals surface area contributed by atoms with E-state index in [1.165, 1.54) is 17.0 Å². The van der Waals surface area contributed by atoms with Gasteiger partial charge in [0.05, 0.1) is 4.47 Å². The van der Waals surface area contributed by atoms with Crippen molar-refractivity contribution in [3.05, 3.63) is 68.9 Å². The minimum atomic E-state index is -0.448. The van der Waals surface area contributed by atoms with E-state index in [2.05, 4.69) is 15.9 Å². The van der Waals surface area contributed by atoms with Gasteiger partial charge in [0.2, 0.25) is 0 Å². The standard InChI is InChI=1S/C15H12BrClFNO/c1-19(9-10-2-5-12(17)6-3-10)15(20)11-4-7-13(16)14(18)8-11/h2-8H,9H2,1H3. The van der Waals surface area contributed by atoms with Gasteiger partial charge in [0.15, 0.2) is 0 Å². The second-order valence-electron chi connectivity index (χ2n) is 4.42. The lowest BCUT2D eigenvalue weighted by molar-refractivity contribution is 0.0784. The number of benzene rings is 2.